The number of rotatable bonds is 6. The third kappa shape index (κ3) is 3.97. The summed E-state index contributed by atoms with van der Waals surface area (Å²) in [4.78, 5) is 13.4. The lowest BCUT2D eigenvalue weighted by Gasteiger charge is -2.23. The number of ether oxygens (including phenoxy) is 1. The Labute approximate surface area is 126 Å². The van der Waals surface area contributed by atoms with Crippen LogP contribution in [-0.4, -0.2) is 41.7 Å². The summed E-state index contributed by atoms with van der Waals surface area (Å²) in [5, 5.41) is 9.28. The Morgan fingerprint density at radius 2 is 2.19 bits per heavy atom. The maximum Gasteiger partial charge on any atom is 0.321 e. The van der Waals surface area contributed by atoms with Crippen LogP contribution in [0.25, 0.3) is 0 Å². The SMILES string of the molecule is Cc1ccc(C)c(OCCCN2CCC(C)C2C(=O)O)c1. The second kappa shape index (κ2) is 6.94. The van der Waals surface area contributed by atoms with Crippen LogP contribution in [0, 0.1) is 19.8 Å². The largest absolute Gasteiger partial charge is 0.493 e. The van der Waals surface area contributed by atoms with Gasteiger partial charge in [-0.25, -0.2) is 0 Å². The van der Waals surface area contributed by atoms with Crippen molar-refractivity contribution in [1.82, 2.24) is 4.90 Å². The predicted molar refractivity (Wildman–Crippen MR) is 82.8 cm³/mol. The molecule has 116 valence electrons. The van der Waals surface area contributed by atoms with Crippen LogP contribution in [-0.2, 0) is 4.79 Å². The van der Waals surface area contributed by atoms with Crippen LogP contribution in [0.5, 0.6) is 5.75 Å². The molecule has 1 aliphatic heterocycles. The van der Waals surface area contributed by atoms with Crippen molar-refractivity contribution < 1.29 is 14.6 Å². The topological polar surface area (TPSA) is 49.8 Å². The summed E-state index contributed by atoms with van der Waals surface area (Å²) >= 11 is 0. The maximum atomic E-state index is 11.3. The van der Waals surface area contributed by atoms with Gasteiger partial charge in [0, 0.05) is 6.54 Å². The van der Waals surface area contributed by atoms with Gasteiger partial charge in [-0.05, 0) is 56.3 Å². The van der Waals surface area contributed by atoms with Crippen LogP contribution >= 0.6 is 0 Å². The molecular formula is C17H25NO3. The van der Waals surface area contributed by atoms with Crippen LogP contribution in [0.4, 0.5) is 0 Å². The van der Waals surface area contributed by atoms with E-state index in [4.69, 9.17) is 4.74 Å². The smallest absolute Gasteiger partial charge is 0.321 e. The summed E-state index contributed by atoms with van der Waals surface area (Å²) in [5.74, 6) is 0.470. The van der Waals surface area contributed by atoms with Gasteiger partial charge in [0.15, 0.2) is 0 Å². The molecule has 1 aliphatic rings. The van der Waals surface area contributed by atoms with Crippen LogP contribution in [0.1, 0.15) is 30.9 Å². The van der Waals surface area contributed by atoms with E-state index >= 15 is 0 Å². The Balaban J connectivity index is 1.79. The first-order chi connectivity index (χ1) is 9.99. The van der Waals surface area contributed by atoms with Gasteiger partial charge in [0.25, 0.3) is 0 Å². The molecule has 0 bridgehead atoms. The van der Waals surface area contributed by atoms with Crippen molar-refractivity contribution in [1.29, 1.82) is 0 Å². The highest BCUT2D eigenvalue weighted by Gasteiger charge is 2.35. The molecule has 0 saturated carbocycles. The predicted octanol–water partition coefficient (Wildman–Crippen LogP) is 2.87. The first-order valence-electron chi connectivity index (χ1n) is 7.66. The molecule has 0 aromatic heterocycles. The lowest BCUT2D eigenvalue weighted by Crippen LogP contribution is -2.39. The van der Waals surface area contributed by atoms with Crippen molar-refractivity contribution in [3.63, 3.8) is 0 Å². The van der Waals surface area contributed by atoms with Gasteiger partial charge in [-0.3, -0.25) is 9.69 Å². The average Bonchev–Trinajstić information content (AvgIpc) is 2.79. The van der Waals surface area contributed by atoms with Gasteiger partial charge in [-0.15, -0.1) is 0 Å². The van der Waals surface area contributed by atoms with Gasteiger partial charge in [-0.1, -0.05) is 19.1 Å². The molecule has 4 nitrogen and oxygen atoms in total. The summed E-state index contributed by atoms with van der Waals surface area (Å²) in [6.45, 7) is 8.40. The van der Waals surface area contributed by atoms with Crippen molar-refractivity contribution in [3.05, 3.63) is 29.3 Å². The van der Waals surface area contributed by atoms with Crippen LogP contribution in [0.15, 0.2) is 18.2 Å². The fourth-order valence-electron chi connectivity index (χ4n) is 2.99. The number of carboxylic acids is 1. The second-order valence-corrected chi connectivity index (χ2v) is 6.06. The minimum absolute atomic E-state index is 0.238. The molecule has 1 heterocycles. The minimum Gasteiger partial charge on any atom is -0.493 e. The molecule has 2 rings (SSSR count). The molecular weight excluding hydrogens is 266 g/mol. The zero-order valence-corrected chi connectivity index (χ0v) is 13.1. The van der Waals surface area contributed by atoms with E-state index in [1.807, 2.05) is 19.9 Å². The maximum absolute atomic E-state index is 11.3. The summed E-state index contributed by atoms with van der Waals surface area (Å²) in [5.41, 5.74) is 2.33. The number of carbonyl (C=O) groups is 1. The number of carboxylic acid groups (broad SMARTS) is 1. The van der Waals surface area contributed by atoms with E-state index in [0.29, 0.717) is 6.61 Å². The number of hydrogen-bond acceptors (Lipinski definition) is 3. The van der Waals surface area contributed by atoms with Crippen LogP contribution < -0.4 is 4.74 Å². The third-order valence-corrected chi connectivity index (χ3v) is 4.25. The van der Waals surface area contributed by atoms with Gasteiger partial charge in [-0.2, -0.15) is 0 Å². The Morgan fingerprint density at radius 3 is 2.90 bits per heavy atom. The van der Waals surface area contributed by atoms with Gasteiger partial charge in [0.2, 0.25) is 0 Å². The first kappa shape index (κ1) is 15.8. The van der Waals surface area contributed by atoms with Crippen LogP contribution in [0.3, 0.4) is 0 Å². The molecule has 21 heavy (non-hydrogen) atoms. The molecule has 0 spiro atoms. The van der Waals surface area contributed by atoms with Crippen molar-refractivity contribution >= 4 is 5.97 Å². The summed E-state index contributed by atoms with van der Waals surface area (Å²) < 4.78 is 5.83. The molecule has 2 atom stereocenters. The van der Waals surface area contributed by atoms with E-state index in [0.717, 1.165) is 37.2 Å². The standard InChI is InChI=1S/C17H25NO3/c1-12-5-6-13(2)15(11-12)21-10-4-8-18-9-7-14(3)16(18)17(19)20/h5-6,11,14,16H,4,7-10H2,1-3H3,(H,19,20). The highest BCUT2D eigenvalue weighted by Crippen LogP contribution is 2.24. The Hall–Kier alpha value is -1.55. The number of aliphatic carboxylic acids is 1. The second-order valence-electron chi connectivity index (χ2n) is 6.06. The van der Waals surface area contributed by atoms with E-state index < -0.39 is 5.97 Å². The molecule has 1 fully saturated rings. The van der Waals surface area contributed by atoms with E-state index in [1.165, 1.54) is 5.56 Å². The summed E-state index contributed by atoms with van der Waals surface area (Å²) in [6.07, 6.45) is 1.82. The molecule has 2 unspecified atom stereocenters. The van der Waals surface area contributed by atoms with Gasteiger partial charge >= 0.3 is 5.97 Å². The molecule has 1 N–H and O–H groups in total. The normalized spacial score (nSPS) is 22.4. The number of benzene rings is 1. The first-order valence-corrected chi connectivity index (χ1v) is 7.66. The molecule has 1 saturated heterocycles. The Bertz CT molecular complexity index is 501. The third-order valence-electron chi connectivity index (χ3n) is 4.25. The van der Waals surface area contributed by atoms with E-state index in [-0.39, 0.29) is 12.0 Å². The van der Waals surface area contributed by atoms with Gasteiger partial charge < -0.3 is 9.84 Å². The zero-order chi connectivity index (χ0) is 15.4. The fourth-order valence-corrected chi connectivity index (χ4v) is 2.99. The minimum atomic E-state index is -0.699. The number of hydrogen-bond donors (Lipinski definition) is 1. The average molecular weight is 291 g/mol. The van der Waals surface area contributed by atoms with E-state index in [1.54, 1.807) is 0 Å². The van der Waals surface area contributed by atoms with Gasteiger partial charge in [0.05, 0.1) is 6.61 Å². The number of likely N-dealkylation sites (tertiary alicyclic amines) is 1. The van der Waals surface area contributed by atoms with E-state index in [2.05, 4.69) is 24.0 Å². The monoisotopic (exact) mass is 291 g/mol. The van der Waals surface area contributed by atoms with Crippen LogP contribution in [0.2, 0.25) is 0 Å². The number of aryl methyl sites for hydroxylation is 2. The molecule has 0 radical (unpaired) electrons. The van der Waals surface area contributed by atoms with Gasteiger partial charge in [0.1, 0.15) is 11.8 Å². The van der Waals surface area contributed by atoms with Crippen molar-refractivity contribution in [2.75, 3.05) is 19.7 Å². The molecule has 0 aliphatic carbocycles. The summed E-state index contributed by atoms with van der Waals surface area (Å²) in [7, 11) is 0. The number of nitrogens with zero attached hydrogens (tertiary/aromatic N) is 1. The molecule has 1 aromatic rings. The summed E-state index contributed by atoms with van der Waals surface area (Å²) in [6, 6.07) is 5.86. The molecule has 4 heteroatoms. The highest BCUT2D eigenvalue weighted by molar-refractivity contribution is 5.74. The van der Waals surface area contributed by atoms with Crippen molar-refractivity contribution in [2.45, 2.75) is 39.7 Å². The zero-order valence-electron chi connectivity index (χ0n) is 13.1. The lowest BCUT2D eigenvalue weighted by molar-refractivity contribution is -0.143. The van der Waals surface area contributed by atoms with E-state index in [9.17, 15) is 9.90 Å². The Morgan fingerprint density at radius 1 is 1.43 bits per heavy atom. The van der Waals surface area contributed by atoms with Crippen molar-refractivity contribution in [2.24, 2.45) is 5.92 Å². The van der Waals surface area contributed by atoms with Crippen molar-refractivity contribution in [3.8, 4) is 5.75 Å². The fraction of sp³-hybridized carbons (Fsp3) is 0.588. The quantitative estimate of drug-likeness (QED) is 0.819. The molecule has 0 amide bonds. The lowest BCUT2D eigenvalue weighted by atomic mass is 10.0. The Kier molecular flexibility index (Phi) is 5.23. The molecule has 1 aromatic carbocycles. The highest BCUT2D eigenvalue weighted by atomic mass is 16.5.